The molecule has 2 atom stereocenters. The van der Waals surface area contributed by atoms with Gasteiger partial charge < -0.3 is 5.11 Å². The summed E-state index contributed by atoms with van der Waals surface area (Å²) in [5.74, 6) is -0.416. The Morgan fingerprint density at radius 1 is 1.50 bits per heavy atom. The summed E-state index contributed by atoms with van der Waals surface area (Å²) in [6.45, 7) is 3.98. The van der Waals surface area contributed by atoms with Crippen molar-refractivity contribution in [2.24, 2.45) is 5.92 Å². The number of aryl methyl sites for hydroxylation is 1. The minimum Gasteiger partial charge on any atom is -0.481 e. The fourth-order valence-electron chi connectivity index (χ4n) is 2.29. The first kappa shape index (κ1) is 9.25. The van der Waals surface area contributed by atoms with Crippen LogP contribution in [-0.2, 0) is 10.2 Å². The van der Waals surface area contributed by atoms with E-state index in [4.69, 9.17) is 0 Å². The van der Waals surface area contributed by atoms with Crippen molar-refractivity contribution in [2.75, 3.05) is 0 Å². The first-order chi connectivity index (χ1) is 6.59. The maximum atomic E-state index is 11.2. The van der Waals surface area contributed by atoms with E-state index in [0.717, 1.165) is 17.5 Å². The molecule has 14 heavy (non-hydrogen) atoms. The molecule has 1 aliphatic rings. The summed E-state index contributed by atoms with van der Waals surface area (Å²) >= 11 is 0. The monoisotopic (exact) mass is 190 g/mol. The van der Waals surface area contributed by atoms with E-state index in [0.29, 0.717) is 0 Å². The highest BCUT2D eigenvalue weighted by atomic mass is 16.4. The van der Waals surface area contributed by atoms with E-state index in [1.807, 2.05) is 38.1 Å². The molecule has 1 saturated carbocycles. The molecule has 74 valence electrons. The van der Waals surface area contributed by atoms with Crippen molar-refractivity contribution in [1.82, 2.24) is 0 Å². The third-order valence-electron chi connectivity index (χ3n) is 3.32. The Labute approximate surface area is 83.6 Å². The molecule has 0 aliphatic heterocycles. The van der Waals surface area contributed by atoms with E-state index < -0.39 is 11.4 Å². The van der Waals surface area contributed by atoms with Gasteiger partial charge in [0.1, 0.15) is 0 Å². The van der Waals surface area contributed by atoms with Crippen LogP contribution < -0.4 is 0 Å². The Morgan fingerprint density at radius 2 is 2.07 bits per heavy atom. The van der Waals surface area contributed by atoms with Gasteiger partial charge in [0.15, 0.2) is 0 Å². The Morgan fingerprint density at radius 3 is 2.50 bits per heavy atom. The van der Waals surface area contributed by atoms with E-state index in [2.05, 4.69) is 0 Å². The minimum absolute atomic E-state index is 0.265. The molecule has 0 saturated heterocycles. The van der Waals surface area contributed by atoms with E-state index in [1.54, 1.807) is 0 Å². The predicted octanol–water partition coefficient (Wildman–Crippen LogP) is 2.36. The maximum Gasteiger partial charge on any atom is 0.314 e. The summed E-state index contributed by atoms with van der Waals surface area (Å²) in [5.41, 5.74) is 1.48. The number of carboxylic acids is 1. The molecule has 0 amide bonds. The van der Waals surface area contributed by atoms with Gasteiger partial charge in [-0.05, 0) is 30.4 Å². The summed E-state index contributed by atoms with van der Waals surface area (Å²) in [4.78, 5) is 11.2. The van der Waals surface area contributed by atoms with Crippen LogP contribution in [0.4, 0.5) is 0 Å². The van der Waals surface area contributed by atoms with Crippen LogP contribution in [0.15, 0.2) is 24.3 Å². The molecule has 1 fully saturated rings. The highest BCUT2D eigenvalue weighted by Crippen LogP contribution is 2.54. The van der Waals surface area contributed by atoms with E-state index in [-0.39, 0.29) is 5.92 Å². The molecule has 1 aromatic rings. The third kappa shape index (κ3) is 1.07. The average Bonchev–Trinajstić information content (AvgIpc) is 2.79. The van der Waals surface area contributed by atoms with Gasteiger partial charge in [0, 0.05) is 0 Å². The second-order valence-corrected chi connectivity index (χ2v) is 4.20. The zero-order valence-corrected chi connectivity index (χ0v) is 8.45. The zero-order chi connectivity index (χ0) is 10.3. The van der Waals surface area contributed by atoms with E-state index in [1.165, 1.54) is 0 Å². The van der Waals surface area contributed by atoms with Gasteiger partial charge in [0.25, 0.3) is 0 Å². The fourth-order valence-corrected chi connectivity index (χ4v) is 2.29. The molecule has 2 unspecified atom stereocenters. The van der Waals surface area contributed by atoms with Gasteiger partial charge in [-0.15, -0.1) is 0 Å². The van der Waals surface area contributed by atoms with E-state index in [9.17, 15) is 9.90 Å². The summed E-state index contributed by atoms with van der Waals surface area (Å²) in [6.07, 6.45) is 0.771. The highest BCUT2D eigenvalue weighted by molar-refractivity contribution is 5.86. The van der Waals surface area contributed by atoms with Gasteiger partial charge in [-0.1, -0.05) is 31.2 Å². The van der Waals surface area contributed by atoms with Gasteiger partial charge >= 0.3 is 5.97 Å². The fraction of sp³-hybridized carbons (Fsp3) is 0.417. The Bertz CT molecular complexity index is 384. The standard InChI is InChI=1S/C12H14O2/c1-8-5-3-4-6-10(8)12(11(13)14)7-9(12)2/h3-6,9H,7H2,1-2H3,(H,13,14). The van der Waals surface area contributed by atoms with Crippen molar-refractivity contribution in [3.05, 3.63) is 35.4 Å². The van der Waals surface area contributed by atoms with Crippen LogP contribution in [0.3, 0.4) is 0 Å². The quantitative estimate of drug-likeness (QED) is 0.777. The van der Waals surface area contributed by atoms with Crippen molar-refractivity contribution in [1.29, 1.82) is 0 Å². The summed E-state index contributed by atoms with van der Waals surface area (Å²) in [6, 6.07) is 7.78. The number of carboxylic acid groups (broad SMARTS) is 1. The molecule has 0 radical (unpaired) electrons. The molecule has 0 heterocycles. The third-order valence-corrected chi connectivity index (χ3v) is 3.32. The van der Waals surface area contributed by atoms with Crippen molar-refractivity contribution in [2.45, 2.75) is 25.7 Å². The Kier molecular flexibility index (Phi) is 1.88. The Balaban J connectivity index is 2.49. The predicted molar refractivity (Wildman–Crippen MR) is 54.3 cm³/mol. The lowest BCUT2D eigenvalue weighted by Gasteiger charge is -2.14. The van der Waals surface area contributed by atoms with Crippen LogP contribution >= 0.6 is 0 Å². The second kappa shape index (κ2) is 2.84. The molecular formula is C12H14O2. The maximum absolute atomic E-state index is 11.2. The number of benzene rings is 1. The molecule has 0 bridgehead atoms. The van der Waals surface area contributed by atoms with Crippen LogP contribution in [0.2, 0.25) is 0 Å². The number of hydrogen-bond acceptors (Lipinski definition) is 1. The average molecular weight is 190 g/mol. The van der Waals surface area contributed by atoms with Crippen molar-refractivity contribution >= 4 is 5.97 Å². The largest absolute Gasteiger partial charge is 0.481 e. The summed E-state index contributed by atoms with van der Waals surface area (Å²) < 4.78 is 0. The topological polar surface area (TPSA) is 37.3 Å². The van der Waals surface area contributed by atoms with Gasteiger partial charge in [0.05, 0.1) is 5.41 Å². The first-order valence-electron chi connectivity index (χ1n) is 4.88. The number of carbonyl (C=O) groups is 1. The van der Waals surface area contributed by atoms with Crippen LogP contribution in [-0.4, -0.2) is 11.1 Å². The normalized spacial score (nSPS) is 30.0. The molecule has 0 spiro atoms. The summed E-state index contributed by atoms with van der Waals surface area (Å²) in [7, 11) is 0. The molecular weight excluding hydrogens is 176 g/mol. The molecule has 2 heteroatoms. The molecule has 1 aromatic carbocycles. The first-order valence-corrected chi connectivity index (χ1v) is 4.88. The van der Waals surface area contributed by atoms with Crippen LogP contribution in [0.25, 0.3) is 0 Å². The number of aliphatic carboxylic acids is 1. The number of hydrogen-bond donors (Lipinski definition) is 1. The van der Waals surface area contributed by atoms with Crippen LogP contribution in [0.5, 0.6) is 0 Å². The molecule has 2 nitrogen and oxygen atoms in total. The van der Waals surface area contributed by atoms with Gasteiger partial charge in [0.2, 0.25) is 0 Å². The SMILES string of the molecule is Cc1ccccc1C1(C(=O)O)CC1C. The van der Waals surface area contributed by atoms with Crippen molar-refractivity contribution in [3.63, 3.8) is 0 Å². The van der Waals surface area contributed by atoms with Gasteiger partial charge in [-0.2, -0.15) is 0 Å². The van der Waals surface area contributed by atoms with E-state index >= 15 is 0 Å². The molecule has 1 N–H and O–H groups in total. The van der Waals surface area contributed by atoms with Crippen molar-refractivity contribution in [3.8, 4) is 0 Å². The lowest BCUT2D eigenvalue weighted by molar-refractivity contribution is -0.140. The Hall–Kier alpha value is -1.31. The molecule has 1 aliphatic carbocycles. The van der Waals surface area contributed by atoms with Gasteiger partial charge in [-0.25, -0.2) is 0 Å². The zero-order valence-electron chi connectivity index (χ0n) is 8.45. The second-order valence-electron chi connectivity index (χ2n) is 4.20. The molecule has 0 aromatic heterocycles. The summed E-state index contributed by atoms with van der Waals surface area (Å²) in [5, 5.41) is 9.25. The lowest BCUT2D eigenvalue weighted by atomic mass is 9.90. The van der Waals surface area contributed by atoms with Gasteiger partial charge in [-0.3, -0.25) is 4.79 Å². The van der Waals surface area contributed by atoms with Crippen LogP contribution in [0.1, 0.15) is 24.5 Å². The van der Waals surface area contributed by atoms with Crippen molar-refractivity contribution < 1.29 is 9.90 Å². The molecule has 2 rings (SSSR count). The minimum atomic E-state index is -0.681. The smallest absolute Gasteiger partial charge is 0.314 e. The lowest BCUT2D eigenvalue weighted by Crippen LogP contribution is -2.22. The number of rotatable bonds is 2. The van der Waals surface area contributed by atoms with Crippen LogP contribution in [0, 0.1) is 12.8 Å². The highest BCUT2D eigenvalue weighted by Gasteiger charge is 2.59.